The summed E-state index contributed by atoms with van der Waals surface area (Å²) >= 11 is 0. The lowest BCUT2D eigenvalue weighted by Gasteiger charge is -2.10. The van der Waals surface area contributed by atoms with Crippen LogP contribution in [0.5, 0.6) is 11.5 Å². The molecule has 2 heterocycles. The number of nitrogens with one attached hydrogen (secondary N) is 1. The molecule has 4 nitrogen and oxygen atoms in total. The Hall–Kier alpha value is -2.44. The molecule has 1 aliphatic rings. The molecule has 0 radical (unpaired) electrons. The lowest BCUT2D eigenvalue weighted by Crippen LogP contribution is -2.07. The molecule has 1 aromatic heterocycles. The van der Waals surface area contributed by atoms with Gasteiger partial charge in [0.2, 0.25) is 6.79 Å². The molecule has 110 valence electrons. The van der Waals surface area contributed by atoms with Crippen LogP contribution in [0.15, 0.2) is 36.5 Å². The summed E-state index contributed by atoms with van der Waals surface area (Å²) in [7, 11) is 0. The van der Waals surface area contributed by atoms with E-state index in [1.807, 2.05) is 12.1 Å². The molecule has 0 spiro atoms. The highest BCUT2D eigenvalue weighted by Crippen LogP contribution is 2.35. The van der Waals surface area contributed by atoms with E-state index in [1.54, 1.807) is 6.07 Å². The Morgan fingerprint density at radius 3 is 2.71 bits per heavy atom. The van der Waals surface area contributed by atoms with Crippen molar-refractivity contribution < 1.29 is 22.6 Å². The van der Waals surface area contributed by atoms with Crippen LogP contribution < -0.4 is 14.8 Å². The minimum Gasteiger partial charge on any atom is -0.454 e. The molecule has 0 unspecified atom stereocenters. The van der Waals surface area contributed by atoms with E-state index >= 15 is 0 Å². The molecule has 1 N–H and O–H groups in total. The molecule has 0 saturated heterocycles. The van der Waals surface area contributed by atoms with E-state index in [2.05, 4.69) is 10.3 Å². The van der Waals surface area contributed by atoms with Gasteiger partial charge in [-0.05, 0) is 18.2 Å². The van der Waals surface area contributed by atoms with E-state index < -0.39 is 11.7 Å². The van der Waals surface area contributed by atoms with Crippen LogP contribution in [0.4, 0.5) is 19.0 Å². The van der Waals surface area contributed by atoms with Gasteiger partial charge >= 0.3 is 6.18 Å². The van der Waals surface area contributed by atoms with Gasteiger partial charge in [0.1, 0.15) is 5.82 Å². The smallest absolute Gasteiger partial charge is 0.417 e. The van der Waals surface area contributed by atoms with E-state index in [9.17, 15) is 13.2 Å². The number of aromatic nitrogens is 1. The molecule has 0 aliphatic carbocycles. The first-order chi connectivity index (χ1) is 10.0. The van der Waals surface area contributed by atoms with Crippen molar-refractivity contribution in [1.29, 1.82) is 0 Å². The molecule has 21 heavy (non-hydrogen) atoms. The first kappa shape index (κ1) is 13.5. The third-order valence-electron chi connectivity index (χ3n) is 3.03. The zero-order chi connectivity index (χ0) is 14.9. The largest absolute Gasteiger partial charge is 0.454 e. The molecule has 0 fully saturated rings. The fourth-order valence-electron chi connectivity index (χ4n) is 1.98. The van der Waals surface area contributed by atoms with Crippen molar-refractivity contribution in [2.24, 2.45) is 0 Å². The molecule has 7 heteroatoms. The second kappa shape index (κ2) is 5.16. The minimum atomic E-state index is -4.38. The quantitative estimate of drug-likeness (QED) is 0.942. The van der Waals surface area contributed by atoms with Crippen LogP contribution in [0.3, 0.4) is 0 Å². The summed E-state index contributed by atoms with van der Waals surface area (Å²) in [6.07, 6.45) is -3.58. The normalized spacial score (nSPS) is 13.3. The zero-order valence-corrected chi connectivity index (χ0v) is 10.8. The van der Waals surface area contributed by atoms with Crippen LogP contribution in [0.25, 0.3) is 0 Å². The average molecular weight is 296 g/mol. The molecule has 0 atom stereocenters. The minimum absolute atomic E-state index is 0.172. The topological polar surface area (TPSA) is 43.4 Å². The predicted molar refractivity (Wildman–Crippen MR) is 69.1 cm³/mol. The van der Waals surface area contributed by atoms with Gasteiger partial charge in [-0.1, -0.05) is 12.1 Å². The Kier molecular flexibility index (Phi) is 3.32. The number of rotatable bonds is 3. The van der Waals surface area contributed by atoms with Gasteiger partial charge in [-0.2, -0.15) is 13.2 Å². The molecular weight excluding hydrogens is 285 g/mol. The second-order valence-corrected chi connectivity index (χ2v) is 4.43. The number of hydrogen-bond donors (Lipinski definition) is 1. The van der Waals surface area contributed by atoms with E-state index in [0.717, 1.165) is 17.8 Å². The summed E-state index contributed by atoms with van der Waals surface area (Å²) < 4.78 is 47.9. The van der Waals surface area contributed by atoms with Gasteiger partial charge in [0.25, 0.3) is 0 Å². The molecule has 3 rings (SSSR count). The summed E-state index contributed by atoms with van der Waals surface area (Å²) in [5.41, 5.74) is 0.0806. The molecule has 2 aromatic rings. The number of alkyl halides is 3. The van der Waals surface area contributed by atoms with E-state index in [-0.39, 0.29) is 6.79 Å². The highest BCUT2D eigenvalue weighted by atomic mass is 19.4. The number of fused-ring (bicyclic) bond motifs is 1. The number of pyridine rings is 1. The lowest BCUT2D eigenvalue weighted by atomic mass is 10.2. The molecule has 0 bridgehead atoms. The van der Waals surface area contributed by atoms with Crippen LogP contribution in [0.1, 0.15) is 11.1 Å². The number of ether oxygens (including phenoxy) is 2. The van der Waals surface area contributed by atoms with Crippen molar-refractivity contribution in [2.45, 2.75) is 12.7 Å². The summed E-state index contributed by atoms with van der Waals surface area (Å²) in [4.78, 5) is 3.75. The Bertz CT molecular complexity index is 642. The zero-order valence-electron chi connectivity index (χ0n) is 10.8. The number of benzene rings is 1. The van der Waals surface area contributed by atoms with Gasteiger partial charge < -0.3 is 14.8 Å². The predicted octanol–water partition coefficient (Wildman–Crippen LogP) is 3.44. The lowest BCUT2D eigenvalue weighted by molar-refractivity contribution is -0.137. The van der Waals surface area contributed by atoms with E-state index in [0.29, 0.717) is 23.9 Å². The van der Waals surface area contributed by atoms with Crippen molar-refractivity contribution >= 4 is 5.82 Å². The number of halogens is 3. The van der Waals surface area contributed by atoms with Gasteiger partial charge in [0.05, 0.1) is 5.56 Å². The second-order valence-electron chi connectivity index (χ2n) is 4.43. The first-order valence-electron chi connectivity index (χ1n) is 6.18. The number of anilines is 1. The SMILES string of the molecule is FC(F)(F)c1ccc(NCc2cccc3c2OCO3)nc1. The molecule has 1 aromatic carbocycles. The van der Waals surface area contributed by atoms with Crippen molar-refractivity contribution in [2.75, 3.05) is 12.1 Å². The maximum Gasteiger partial charge on any atom is 0.417 e. The summed E-state index contributed by atoms with van der Waals surface area (Å²) in [6.45, 7) is 0.551. The van der Waals surface area contributed by atoms with Crippen LogP contribution in [-0.2, 0) is 12.7 Å². The average Bonchev–Trinajstić information content (AvgIpc) is 2.93. The first-order valence-corrected chi connectivity index (χ1v) is 6.18. The maximum atomic E-state index is 12.4. The van der Waals surface area contributed by atoms with Crippen LogP contribution in [0.2, 0.25) is 0 Å². The highest BCUT2D eigenvalue weighted by molar-refractivity contribution is 5.49. The molecule has 1 aliphatic heterocycles. The standard InChI is InChI=1S/C14H11F3N2O2/c15-14(16,17)10-4-5-12(19-7-10)18-6-9-2-1-3-11-13(9)21-8-20-11/h1-5,7H,6,8H2,(H,18,19). The van der Waals surface area contributed by atoms with Crippen molar-refractivity contribution in [3.63, 3.8) is 0 Å². The molecule has 0 amide bonds. The summed E-state index contributed by atoms with van der Waals surface area (Å²) in [6, 6.07) is 7.76. The van der Waals surface area contributed by atoms with Gasteiger partial charge in [-0.15, -0.1) is 0 Å². The Labute approximate surface area is 118 Å². The third kappa shape index (κ3) is 2.86. The summed E-state index contributed by atoms with van der Waals surface area (Å²) in [5, 5.41) is 2.96. The number of para-hydroxylation sites is 1. The summed E-state index contributed by atoms with van der Waals surface area (Å²) in [5.74, 6) is 1.67. The Morgan fingerprint density at radius 1 is 1.14 bits per heavy atom. The maximum absolute atomic E-state index is 12.4. The third-order valence-corrected chi connectivity index (χ3v) is 3.03. The van der Waals surface area contributed by atoms with Gasteiger partial charge in [-0.3, -0.25) is 0 Å². The molecule has 0 saturated carbocycles. The van der Waals surface area contributed by atoms with E-state index in [1.165, 1.54) is 6.07 Å². The van der Waals surface area contributed by atoms with Gasteiger partial charge in [-0.25, -0.2) is 4.98 Å². The monoisotopic (exact) mass is 296 g/mol. The van der Waals surface area contributed by atoms with Crippen LogP contribution >= 0.6 is 0 Å². The van der Waals surface area contributed by atoms with Crippen molar-refractivity contribution in [3.8, 4) is 11.5 Å². The van der Waals surface area contributed by atoms with Crippen molar-refractivity contribution in [1.82, 2.24) is 4.98 Å². The molecular formula is C14H11F3N2O2. The number of nitrogens with zero attached hydrogens (tertiary/aromatic N) is 1. The van der Waals surface area contributed by atoms with E-state index in [4.69, 9.17) is 9.47 Å². The van der Waals surface area contributed by atoms with Crippen molar-refractivity contribution in [3.05, 3.63) is 47.7 Å². The number of hydrogen-bond acceptors (Lipinski definition) is 4. The Balaban J connectivity index is 1.70. The fourth-order valence-corrected chi connectivity index (χ4v) is 1.98. The fraction of sp³-hybridized carbons (Fsp3) is 0.214. The highest BCUT2D eigenvalue weighted by Gasteiger charge is 2.30. The van der Waals surface area contributed by atoms with Crippen LogP contribution in [0, 0.1) is 0 Å². The van der Waals surface area contributed by atoms with Crippen LogP contribution in [-0.4, -0.2) is 11.8 Å². The Morgan fingerprint density at radius 2 is 2.00 bits per heavy atom. The van der Waals surface area contributed by atoms with Gasteiger partial charge in [0, 0.05) is 18.3 Å². The van der Waals surface area contributed by atoms with Gasteiger partial charge in [0.15, 0.2) is 11.5 Å².